The van der Waals surface area contributed by atoms with E-state index in [1.165, 1.54) is 12.1 Å². The summed E-state index contributed by atoms with van der Waals surface area (Å²) in [7, 11) is 0. The first-order valence-corrected chi connectivity index (χ1v) is 6.42. The second kappa shape index (κ2) is 5.21. The van der Waals surface area contributed by atoms with Crippen LogP contribution in [0.25, 0.3) is 0 Å². The maximum atomic E-state index is 12.6. The Morgan fingerprint density at radius 2 is 2.17 bits per heavy atom. The zero-order valence-electron chi connectivity index (χ0n) is 9.70. The summed E-state index contributed by atoms with van der Waals surface area (Å²) in [5.41, 5.74) is 7.52. The van der Waals surface area contributed by atoms with Crippen molar-refractivity contribution in [1.29, 1.82) is 0 Å². The number of aromatic nitrogens is 2. The third kappa shape index (κ3) is 2.63. The molecule has 0 unspecified atom stereocenters. The predicted octanol–water partition coefficient (Wildman–Crippen LogP) is 3.36. The van der Waals surface area contributed by atoms with Gasteiger partial charge < -0.3 is 5.73 Å². The summed E-state index contributed by atoms with van der Waals surface area (Å²) < 4.78 is 27.7. The Hall–Kier alpha value is -1.18. The summed E-state index contributed by atoms with van der Waals surface area (Å²) in [6, 6.07) is 6.30. The first-order valence-electron chi connectivity index (χ1n) is 5.34. The number of nitrogens with two attached hydrogens (primary N) is 1. The van der Waals surface area contributed by atoms with Crippen LogP contribution < -0.4 is 5.73 Å². The molecule has 96 valence electrons. The molecular formula is C12H12F2IN3. The molecule has 2 rings (SSSR count). The highest BCUT2D eigenvalue weighted by molar-refractivity contribution is 14.1. The highest BCUT2D eigenvalue weighted by Crippen LogP contribution is 2.22. The van der Waals surface area contributed by atoms with E-state index >= 15 is 0 Å². The maximum Gasteiger partial charge on any atom is 0.263 e. The first-order chi connectivity index (χ1) is 8.49. The van der Waals surface area contributed by atoms with Gasteiger partial charge in [-0.1, -0.05) is 18.2 Å². The Bertz CT molecular complexity index is 566. The van der Waals surface area contributed by atoms with E-state index in [0.717, 1.165) is 14.8 Å². The minimum Gasteiger partial charge on any atom is -0.383 e. The molecule has 1 aromatic carbocycles. The van der Waals surface area contributed by atoms with Gasteiger partial charge in [-0.05, 0) is 41.1 Å². The van der Waals surface area contributed by atoms with Gasteiger partial charge in [0.25, 0.3) is 6.43 Å². The van der Waals surface area contributed by atoms with E-state index in [-0.39, 0.29) is 5.56 Å². The number of halogens is 3. The van der Waals surface area contributed by atoms with Crippen molar-refractivity contribution in [2.75, 3.05) is 5.73 Å². The van der Waals surface area contributed by atoms with Gasteiger partial charge in [0.1, 0.15) is 5.82 Å². The largest absolute Gasteiger partial charge is 0.383 e. The van der Waals surface area contributed by atoms with E-state index in [1.54, 1.807) is 16.8 Å². The van der Waals surface area contributed by atoms with Crippen molar-refractivity contribution in [3.63, 3.8) is 0 Å². The van der Waals surface area contributed by atoms with Crippen molar-refractivity contribution in [2.45, 2.75) is 19.9 Å². The van der Waals surface area contributed by atoms with Crippen molar-refractivity contribution in [3.05, 3.63) is 44.7 Å². The molecule has 0 aliphatic carbocycles. The van der Waals surface area contributed by atoms with Crippen LogP contribution in [0, 0.1) is 10.5 Å². The molecule has 0 amide bonds. The summed E-state index contributed by atoms with van der Waals surface area (Å²) >= 11 is 2.12. The molecule has 1 heterocycles. The zero-order chi connectivity index (χ0) is 13.3. The Morgan fingerprint density at radius 1 is 1.44 bits per heavy atom. The topological polar surface area (TPSA) is 43.8 Å². The van der Waals surface area contributed by atoms with Gasteiger partial charge in [0.2, 0.25) is 0 Å². The second-order valence-corrected chi connectivity index (χ2v) is 5.07. The summed E-state index contributed by atoms with van der Waals surface area (Å²) in [4.78, 5) is 0. The van der Waals surface area contributed by atoms with Crippen LogP contribution in [0.4, 0.5) is 14.6 Å². The number of anilines is 1. The van der Waals surface area contributed by atoms with E-state index in [9.17, 15) is 8.78 Å². The molecule has 2 aromatic rings. The first kappa shape index (κ1) is 13.3. The molecule has 1 aromatic heterocycles. The standard InChI is InChI=1S/C12H12F2IN3/c1-7-10(15)12(16)18(17-7)6-8-3-2-4-9(5-8)11(13)14/h2-5,11H,6,16H2,1H3. The lowest BCUT2D eigenvalue weighted by atomic mass is 10.1. The number of aryl methyl sites for hydroxylation is 1. The van der Waals surface area contributed by atoms with Gasteiger partial charge in [0, 0.05) is 5.56 Å². The average Bonchev–Trinajstić information content (AvgIpc) is 2.57. The smallest absolute Gasteiger partial charge is 0.263 e. The highest BCUT2D eigenvalue weighted by atomic mass is 127. The molecule has 0 saturated carbocycles. The summed E-state index contributed by atoms with van der Waals surface area (Å²) in [6.45, 7) is 2.26. The fourth-order valence-corrected chi connectivity index (χ4v) is 2.08. The van der Waals surface area contributed by atoms with Crippen molar-refractivity contribution < 1.29 is 8.78 Å². The van der Waals surface area contributed by atoms with Crippen LogP contribution in [0.3, 0.4) is 0 Å². The third-order valence-corrected chi connectivity index (χ3v) is 3.96. The summed E-state index contributed by atoms with van der Waals surface area (Å²) in [5, 5.41) is 4.28. The Kier molecular flexibility index (Phi) is 3.84. The van der Waals surface area contributed by atoms with Crippen molar-refractivity contribution in [2.24, 2.45) is 0 Å². The third-order valence-electron chi connectivity index (χ3n) is 2.63. The van der Waals surface area contributed by atoms with Crippen LogP contribution in [0.1, 0.15) is 23.2 Å². The number of hydrogen-bond donors (Lipinski definition) is 1. The van der Waals surface area contributed by atoms with Gasteiger partial charge in [-0.15, -0.1) is 0 Å². The minimum absolute atomic E-state index is 0.0182. The van der Waals surface area contributed by atoms with Crippen LogP contribution in [0.5, 0.6) is 0 Å². The molecule has 0 aliphatic heterocycles. The molecule has 0 fully saturated rings. The lowest BCUT2D eigenvalue weighted by Crippen LogP contribution is -2.06. The minimum atomic E-state index is -2.46. The lowest BCUT2D eigenvalue weighted by molar-refractivity contribution is 0.151. The molecule has 0 saturated heterocycles. The van der Waals surface area contributed by atoms with Gasteiger partial charge in [-0.2, -0.15) is 5.10 Å². The molecule has 0 bridgehead atoms. The lowest BCUT2D eigenvalue weighted by Gasteiger charge is -2.06. The molecule has 0 spiro atoms. The number of nitrogens with zero attached hydrogens (tertiary/aromatic N) is 2. The van der Waals surface area contributed by atoms with Gasteiger partial charge in [0.05, 0.1) is 15.8 Å². The molecule has 18 heavy (non-hydrogen) atoms. The molecule has 3 nitrogen and oxygen atoms in total. The molecule has 6 heteroatoms. The predicted molar refractivity (Wildman–Crippen MR) is 74.6 cm³/mol. The van der Waals surface area contributed by atoms with Crippen LogP contribution in [0.15, 0.2) is 24.3 Å². The quantitative estimate of drug-likeness (QED) is 0.850. The van der Waals surface area contributed by atoms with Crippen molar-refractivity contribution >= 4 is 28.4 Å². The zero-order valence-corrected chi connectivity index (χ0v) is 11.9. The summed E-state index contributed by atoms with van der Waals surface area (Å²) in [5.74, 6) is 0.565. The Balaban J connectivity index is 2.28. The van der Waals surface area contributed by atoms with E-state index in [4.69, 9.17) is 5.73 Å². The van der Waals surface area contributed by atoms with E-state index in [0.29, 0.717) is 12.4 Å². The maximum absolute atomic E-state index is 12.6. The van der Waals surface area contributed by atoms with Crippen LogP contribution >= 0.6 is 22.6 Å². The number of hydrogen-bond acceptors (Lipinski definition) is 2. The van der Waals surface area contributed by atoms with Crippen LogP contribution in [0.2, 0.25) is 0 Å². The van der Waals surface area contributed by atoms with E-state index in [2.05, 4.69) is 27.7 Å². The van der Waals surface area contributed by atoms with Crippen LogP contribution in [-0.2, 0) is 6.54 Å². The second-order valence-electron chi connectivity index (χ2n) is 3.99. The van der Waals surface area contributed by atoms with Gasteiger partial charge in [0.15, 0.2) is 0 Å². The SMILES string of the molecule is Cc1nn(Cc2cccc(C(F)F)c2)c(N)c1I. The van der Waals surface area contributed by atoms with Gasteiger partial charge in [-0.3, -0.25) is 0 Å². The molecular weight excluding hydrogens is 351 g/mol. The average molecular weight is 363 g/mol. The normalized spacial score (nSPS) is 11.2. The molecule has 2 N–H and O–H groups in total. The Morgan fingerprint density at radius 3 is 2.72 bits per heavy atom. The fraction of sp³-hybridized carbons (Fsp3) is 0.250. The fourth-order valence-electron chi connectivity index (χ4n) is 1.70. The monoisotopic (exact) mass is 363 g/mol. The van der Waals surface area contributed by atoms with Crippen molar-refractivity contribution in [1.82, 2.24) is 9.78 Å². The molecule has 0 aliphatic rings. The van der Waals surface area contributed by atoms with Gasteiger partial charge in [-0.25, -0.2) is 13.5 Å². The van der Waals surface area contributed by atoms with E-state index < -0.39 is 6.43 Å². The number of nitrogen functional groups attached to an aromatic ring is 1. The number of alkyl halides is 2. The number of benzene rings is 1. The van der Waals surface area contributed by atoms with Gasteiger partial charge >= 0.3 is 0 Å². The van der Waals surface area contributed by atoms with E-state index in [1.807, 2.05) is 6.92 Å². The van der Waals surface area contributed by atoms with Crippen molar-refractivity contribution in [3.8, 4) is 0 Å². The molecule has 0 radical (unpaired) electrons. The Labute approximate surface area is 117 Å². The summed E-state index contributed by atoms with van der Waals surface area (Å²) in [6.07, 6.45) is -2.46. The highest BCUT2D eigenvalue weighted by Gasteiger charge is 2.11. The number of rotatable bonds is 3. The molecule has 0 atom stereocenters. The van der Waals surface area contributed by atoms with Crippen LogP contribution in [-0.4, -0.2) is 9.78 Å².